The Labute approximate surface area is 142 Å². The van der Waals surface area contributed by atoms with E-state index in [0.717, 1.165) is 25.1 Å². The van der Waals surface area contributed by atoms with Crippen LogP contribution in [0.2, 0.25) is 0 Å². The Morgan fingerprint density at radius 3 is 2.50 bits per heavy atom. The second-order valence-corrected chi connectivity index (χ2v) is 8.00. The highest BCUT2D eigenvalue weighted by Crippen LogP contribution is 2.35. The van der Waals surface area contributed by atoms with Crippen molar-refractivity contribution in [2.45, 2.75) is 22.1 Å². The van der Waals surface area contributed by atoms with Gasteiger partial charge in [-0.2, -0.15) is 0 Å². The monoisotopic (exact) mass is 347 g/mol. The molecular formula is C18H21NO4S. The lowest BCUT2D eigenvalue weighted by atomic mass is 9.97. The molecule has 1 aliphatic rings. The summed E-state index contributed by atoms with van der Waals surface area (Å²) in [5.74, 6) is 0.174. The van der Waals surface area contributed by atoms with E-state index >= 15 is 0 Å². The molecule has 0 saturated carbocycles. The number of β-amino-alcohol motifs (C(OH)–C–C–N with tert-alkyl or cyclic N) is 1. The molecule has 1 fully saturated rings. The van der Waals surface area contributed by atoms with Gasteiger partial charge in [0.25, 0.3) is 0 Å². The number of benzene rings is 2. The third-order valence-electron chi connectivity index (χ3n) is 4.49. The van der Waals surface area contributed by atoms with Gasteiger partial charge in [0.05, 0.1) is 16.4 Å². The zero-order chi connectivity index (χ0) is 17.2. The first-order chi connectivity index (χ1) is 11.5. The number of aliphatic hydroxyl groups excluding tert-OH is 1. The van der Waals surface area contributed by atoms with E-state index in [1.165, 1.54) is 6.07 Å². The third kappa shape index (κ3) is 3.31. The summed E-state index contributed by atoms with van der Waals surface area (Å²) in [4.78, 5) is 2.45. The zero-order valence-corrected chi connectivity index (χ0v) is 14.1. The second kappa shape index (κ2) is 6.93. The standard InChI is InChI=1S/C18H21NO4S/c20-11-10-19-9-8-14(13-19)17-7-6-16(12-18(17)21)24(22,23)15-4-2-1-3-5-15/h1-7,12,14,20-21H,8-11,13H2. The molecule has 1 unspecified atom stereocenters. The summed E-state index contributed by atoms with van der Waals surface area (Å²) in [6.07, 6.45) is 0.887. The van der Waals surface area contributed by atoms with E-state index in [1.54, 1.807) is 42.5 Å². The molecule has 2 aromatic carbocycles. The molecule has 0 aromatic heterocycles. The molecule has 0 bridgehead atoms. The molecule has 2 N–H and O–H groups in total. The molecule has 24 heavy (non-hydrogen) atoms. The minimum Gasteiger partial charge on any atom is -0.508 e. The Morgan fingerprint density at radius 2 is 1.83 bits per heavy atom. The van der Waals surface area contributed by atoms with E-state index in [4.69, 9.17) is 5.11 Å². The smallest absolute Gasteiger partial charge is 0.206 e. The molecule has 1 aliphatic heterocycles. The van der Waals surface area contributed by atoms with E-state index in [0.29, 0.717) is 6.54 Å². The van der Waals surface area contributed by atoms with Gasteiger partial charge in [-0.15, -0.1) is 0 Å². The summed E-state index contributed by atoms with van der Waals surface area (Å²) in [7, 11) is -3.62. The Balaban J connectivity index is 1.86. The van der Waals surface area contributed by atoms with Crippen molar-refractivity contribution in [1.29, 1.82) is 0 Å². The van der Waals surface area contributed by atoms with E-state index in [-0.39, 0.29) is 28.1 Å². The van der Waals surface area contributed by atoms with Gasteiger partial charge in [-0.3, -0.25) is 0 Å². The Kier molecular flexibility index (Phi) is 4.89. The Morgan fingerprint density at radius 1 is 1.08 bits per heavy atom. The van der Waals surface area contributed by atoms with Crippen LogP contribution >= 0.6 is 0 Å². The molecule has 5 nitrogen and oxygen atoms in total. The number of likely N-dealkylation sites (tertiary alicyclic amines) is 1. The first-order valence-corrected chi connectivity index (χ1v) is 9.47. The summed E-state index contributed by atoms with van der Waals surface area (Å²) in [6, 6.07) is 12.8. The molecule has 1 saturated heterocycles. The molecule has 128 valence electrons. The van der Waals surface area contributed by atoms with Crippen LogP contribution in [-0.2, 0) is 9.84 Å². The minimum absolute atomic E-state index is 0.0165. The molecule has 2 aromatic rings. The zero-order valence-electron chi connectivity index (χ0n) is 13.3. The van der Waals surface area contributed by atoms with Crippen LogP contribution in [0.1, 0.15) is 17.9 Å². The predicted octanol–water partition coefficient (Wildman–Crippen LogP) is 2.01. The van der Waals surface area contributed by atoms with Crippen LogP contribution in [0.15, 0.2) is 58.3 Å². The minimum atomic E-state index is -3.62. The van der Waals surface area contributed by atoms with Gasteiger partial charge in [0, 0.05) is 19.0 Å². The SMILES string of the molecule is O=S(=O)(c1ccccc1)c1ccc(C2CCN(CCO)C2)c(O)c1. The van der Waals surface area contributed by atoms with Crippen LogP contribution in [-0.4, -0.2) is 49.8 Å². The number of aliphatic hydroxyl groups is 1. The molecule has 6 heteroatoms. The molecule has 1 heterocycles. The van der Waals surface area contributed by atoms with Crippen molar-refractivity contribution in [2.75, 3.05) is 26.2 Å². The highest BCUT2D eigenvalue weighted by atomic mass is 32.2. The number of phenols is 1. The van der Waals surface area contributed by atoms with Gasteiger partial charge in [0.15, 0.2) is 0 Å². The van der Waals surface area contributed by atoms with Crippen LogP contribution in [0, 0.1) is 0 Å². The van der Waals surface area contributed by atoms with Crippen molar-refractivity contribution in [3.63, 3.8) is 0 Å². The summed E-state index contributed by atoms with van der Waals surface area (Å²) >= 11 is 0. The van der Waals surface area contributed by atoms with Crippen molar-refractivity contribution < 1.29 is 18.6 Å². The second-order valence-electron chi connectivity index (χ2n) is 6.05. The molecule has 3 rings (SSSR count). The van der Waals surface area contributed by atoms with E-state index < -0.39 is 9.84 Å². The number of hydrogen-bond donors (Lipinski definition) is 2. The summed E-state index contributed by atoms with van der Waals surface area (Å²) in [5.41, 5.74) is 0.766. The number of phenolic OH excluding ortho intramolecular Hbond substituents is 1. The van der Waals surface area contributed by atoms with Gasteiger partial charge in [-0.1, -0.05) is 24.3 Å². The van der Waals surface area contributed by atoms with Gasteiger partial charge >= 0.3 is 0 Å². The number of nitrogens with zero attached hydrogens (tertiary/aromatic N) is 1. The average Bonchev–Trinajstić information content (AvgIpc) is 3.04. The number of sulfone groups is 1. The van der Waals surface area contributed by atoms with Gasteiger partial charge in [0.2, 0.25) is 9.84 Å². The summed E-state index contributed by atoms with van der Waals surface area (Å²) in [6.45, 7) is 2.37. The molecule has 0 radical (unpaired) electrons. The fraction of sp³-hybridized carbons (Fsp3) is 0.333. The van der Waals surface area contributed by atoms with Crippen LogP contribution in [0.3, 0.4) is 0 Å². The largest absolute Gasteiger partial charge is 0.508 e. The molecule has 0 amide bonds. The van der Waals surface area contributed by atoms with E-state index in [9.17, 15) is 13.5 Å². The molecular weight excluding hydrogens is 326 g/mol. The maximum Gasteiger partial charge on any atom is 0.206 e. The maximum absolute atomic E-state index is 12.6. The highest BCUT2D eigenvalue weighted by Gasteiger charge is 2.27. The maximum atomic E-state index is 12.6. The number of hydrogen-bond acceptors (Lipinski definition) is 5. The Bertz CT molecular complexity index is 805. The fourth-order valence-electron chi connectivity index (χ4n) is 3.20. The number of rotatable bonds is 5. The molecule has 0 spiro atoms. The van der Waals surface area contributed by atoms with Crippen LogP contribution < -0.4 is 0 Å². The van der Waals surface area contributed by atoms with Crippen molar-refractivity contribution in [3.05, 3.63) is 54.1 Å². The van der Waals surface area contributed by atoms with Crippen molar-refractivity contribution in [3.8, 4) is 5.75 Å². The van der Waals surface area contributed by atoms with Crippen LogP contribution in [0.4, 0.5) is 0 Å². The normalized spacial score (nSPS) is 18.8. The Hall–Kier alpha value is -1.89. The predicted molar refractivity (Wildman–Crippen MR) is 90.9 cm³/mol. The van der Waals surface area contributed by atoms with Crippen molar-refractivity contribution in [2.24, 2.45) is 0 Å². The van der Waals surface area contributed by atoms with E-state index in [2.05, 4.69) is 4.90 Å². The molecule has 0 aliphatic carbocycles. The lowest BCUT2D eigenvalue weighted by Gasteiger charge is -2.16. The van der Waals surface area contributed by atoms with Crippen LogP contribution in [0.5, 0.6) is 5.75 Å². The van der Waals surface area contributed by atoms with Crippen molar-refractivity contribution in [1.82, 2.24) is 4.90 Å². The van der Waals surface area contributed by atoms with E-state index in [1.807, 2.05) is 0 Å². The third-order valence-corrected chi connectivity index (χ3v) is 6.26. The quantitative estimate of drug-likeness (QED) is 0.865. The first kappa shape index (κ1) is 17.0. The van der Waals surface area contributed by atoms with Gasteiger partial charge in [-0.25, -0.2) is 8.42 Å². The molecule has 1 atom stereocenters. The van der Waals surface area contributed by atoms with Crippen molar-refractivity contribution >= 4 is 9.84 Å². The topological polar surface area (TPSA) is 77.8 Å². The summed E-state index contributed by atoms with van der Waals surface area (Å²) < 4.78 is 25.2. The van der Waals surface area contributed by atoms with Gasteiger partial charge < -0.3 is 15.1 Å². The summed E-state index contributed by atoms with van der Waals surface area (Å²) in [5, 5.41) is 19.4. The fourth-order valence-corrected chi connectivity index (χ4v) is 4.50. The first-order valence-electron chi connectivity index (χ1n) is 7.98. The number of aromatic hydroxyl groups is 1. The average molecular weight is 347 g/mol. The lowest BCUT2D eigenvalue weighted by Crippen LogP contribution is -2.23. The van der Waals surface area contributed by atoms with Gasteiger partial charge in [0.1, 0.15) is 5.75 Å². The van der Waals surface area contributed by atoms with Gasteiger partial charge in [-0.05, 0) is 42.8 Å². The lowest BCUT2D eigenvalue weighted by molar-refractivity contribution is 0.220. The highest BCUT2D eigenvalue weighted by molar-refractivity contribution is 7.91. The van der Waals surface area contributed by atoms with Crippen LogP contribution in [0.25, 0.3) is 0 Å².